The van der Waals surface area contributed by atoms with Gasteiger partial charge in [0.2, 0.25) is 11.7 Å². The Kier molecular flexibility index (Phi) is 7.39. The van der Waals surface area contributed by atoms with Gasteiger partial charge < -0.3 is 18.7 Å². The molecule has 9 nitrogen and oxygen atoms in total. The topological polar surface area (TPSA) is 108 Å². The maximum atomic E-state index is 12.0. The Morgan fingerprint density at radius 2 is 2.03 bits per heavy atom. The molecule has 4 rings (SSSR count). The third-order valence-corrected chi connectivity index (χ3v) is 5.77. The number of nitrogens with zero attached hydrogens (tertiary/aromatic N) is 4. The SMILES string of the molecule is CCc1cc(C(=N\c2ccc(-c3noc(C)n3)cc2)/C(=N/C(=O)OC)SC)cc2c1OCOC2. The molecule has 176 valence electrons. The number of hydrogen-bond donors (Lipinski definition) is 0. The molecule has 34 heavy (non-hydrogen) atoms. The van der Waals surface area contributed by atoms with Crippen molar-refractivity contribution in [1.82, 2.24) is 10.1 Å². The van der Waals surface area contributed by atoms with Crippen molar-refractivity contribution in [3.05, 3.63) is 59.0 Å². The second-order valence-electron chi connectivity index (χ2n) is 7.32. The van der Waals surface area contributed by atoms with Crippen LogP contribution in [0.3, 0.4) is 0 Å². The summed E-state index contributed by atoms with van der Waals surface area (Å²) in [6.45, 7) is 4.47. The van der Waals surface area contributed by atoms with Gasteiger partial charge in [-0.2, -0.15) is 9.98 Å². The zero-order valence-corrected chi connectivity index (χ0v) is 20.1. The highest BCUT2D eigenvalue weighted by molar-refractivity contribution is 8.15. The molecular weight excluding hydrogens is 456 g/mol. The monoisotopic (exact) mass is 480 g/mol. The van der Waals surface area contributed by atoms with Crippen molar-refractivity contribution in [2.75, 3.05) is 20.2 Å². The van der Waals surface area contributed by atoms with Gasteiger partial charge in [0.05, 0.1) is 19.4 Å². The summed E-state index contributed by atoms with van der Waals surface area (Å²) in [7, 11) is 1.29. The Labute approximate surface area is 201 Å². The summed E-state index contributed by atoms with van der Waals surface area (Å²) in [6.07, 6.45) is 1.91. The normalized spacial score (nSPS) is 13.9. The molecule has 0 unspecified atom stereocenters. The summed E-state index contributed by atoms with van der Waals surface area (Å²) in [5.41, 5.74) is 4.79. The van der Waals surface area contributed by atoms with Gasteiger partial charge in [-0.3, -0.25) is 0 Å². The second-order valence-corrected chi connectivity index (χ2v) is 8.12. The van der Waals surface area contributed by atoms with Crippen molar-refractivity contribution in [2.45, 2.75) is 26.9 Å². The summed E-state index contributed by atoms with van der Waals surface area (Å²) in [4.78, 5) is 25.2. The van der Waals surface area contributed by atoms with Crippen molar-refractivity contribution >= 4 is 34.3 Å². The molecule has 2 aromatic carbocycles. The Bertz CT molecular complexity index is 1230. The summed E-state index contributed by atoms with van der Waals surface area (Å²) in [6, 6.07) is 11.4. The fraction of sp³-hybridized carbons (Fsp3) is 0.292. The van der Waals surface area contributed by atoms with Gasteiger partial charge in [0.25, 0.3) is 0 Å². The Morgan fingerprint density at radius 3 is 2.68 bits per heavy atom. The third kappa shape index (κ3) is 5.18. The van der Waals surface area contributed by atoms with Crippen LogP contribution in [0.4, 0.5) is 10.5 Å². The number of rotatable bonds is 5. The van der Waals surface area contributed by atoms with Crippen LogP contribution in [0.1, 0.15) is 29.5 Å². The fourth-order valence-electron chi connectivity index (χ4n) is 3.49. The van der Waals surface area contributed by atoms with Crippen molar-refractivity contribution in [1.29, 1.82) is 0 Å². The van der Waals surface area contributed by atoms with Crippen LogP contribution >= 0.6 is 11.8 Å². The average Bonchev–Trinajstić information content (AvgIpc) is 3.31. The van der Waals surface area contributed by atoms with Gasteiger partial charge in [-0.1, -0.05) is 12.1 Å². The Balaban J connectivity index is 1.81. The van der Waals surface area contributed by atoms with E-state index in [2.05, 4.69) is 22.1 Å². The van der Waals surface area contributed by atoms with Gasteiger partial charge in [-0.25, -0.2) is 9.79 Å². The van der Waals surface area contributed by atoms with E-state index < -0.39 is 6.09 Å². The standard InChI is InChI=1S/C24H24N4O5S/c1-5-15-10-17(11-18-12-31-13-32-21(15)18)20(23(34-4)27-24(29)30-3)26-19-8-6-16(7-9-19)22-25-14(2)33-28-22/h6-11H,5,12-13H2,1-4H3/b26-20+,27-23-. The van der Waals surface area contributed by atoms with E-state index in [9.17, 15) is 4.79 Å². The summed E-state index contributed by atoms with van der Waals surface area (Å²) >= 11 is 1.31. The lowest BCUT2D eigenvalue weighted by molar-refractivity contribution is -0.0170. The van der Waals surface area contributed by atoms with E-state index in [4.69, 9.17) is 23.7 Å². The Morgan fingerprint density at radius 1 is 1.24 bits per heavy atom. The van der Waals surface area contributed by atoms with E-state index in [1.165, 1.54) is 18.9 Å². The molecule has 1 aliphatic heterocycles. The lowest BCUT2D eigenvalue weighted by Gasteiger charge is -2.22. The first-order valence-corrected chi connectivity index (χ1v) is 11.8. The molecule has 1 aliphatic rings. The molecule has 0 saturated heterocycles. The third-order valence-electron chi connectivity index (χ3n) is 5.10. The zero-order chi connectivity index (χ0) is 24.1. The number of carbonyl (C=O) groups excluding carboxylic acids is 1. The summed E-state index contributed by atoms with van der Waals surface area (Å²) < 4.78 is 21.0. The maximum absolute atomic E-state index is 12.0. The number of ether oxygens (including phenoxy) is 3. The quantitative estimate of drug-likeness (QED) is 0.366. The van der Waals surface area contributed by atoms with Gasteiger partial charge in [0.15, 0.2) is 6.79 Å². The molecule has 0 bridgehead atoms. The van der Waals surface area contributed by atoms with Crippen molar-refractivity contribution in [2.24, 2.45) is 9.98 Å². The predicted octanol–water partition coefficient (Wildman–Crippen LogP) is 5.12. The number of methoxy groups -OCH3 is 1. The number of aliphatic imine (C=N–C) groups is 2. The molecule has 0 fully saturated rings. The number of fused-ring (bicyclic) bond motifs is 1. The molecule has 0 atom stereocenters. The van der Waals surface area contributed by atoms with E-state index in [1.54, 1.807) is 6.92 Å². The summed E-state index contributed by atoms with van der Waals surface area (Å²) in [5, 5.41) is 4.38. The van der Waals surface area contributed by atoms with Crippen LogP contribution in [0.2, 0.25) is 0 Å². The predicted molar refractivity (Wildman–Crippen MR) is 130 cm³/mol. The molecular formula is C24H24N4O5S. The number of thioether (sulfide) groups is 1. The van der Waals surface area contributed by atoms with Crippen molar-refractivity contribution in [3.63, 3.8) is 0 Å². The summed E-state index contributed by atoms with van der Waals surface area (Å²) in [5.74, 6) is 1.84. The Hall–Kier alpha value is -3.50. The minimum atomic E-state index is -0.694. The lowest BCUT2D eigenvalue weighted by atomic mass is 9.99. The first-order valence-electron chi connectivity index (χ1n) is 10.6. The van der Waals surface area contributed by atoms with Gasteiger partial charge in [0, 0.05) is 23.6 Å². The highest BCUT2D eigenvalue weighted by Crippen LogP contribution is 2.32. The highest BCUT2D eigenvalue weighted by atomic mass is 32.2. The molecule has 10 heteroatoms. The van der Waals surface area contributed by atoms with Crippen LogP contribution in [-0.2, 0) is 22.5 Å². The number of aryl methyl sites for hydroxylation is 2. The molecule has 3 aromatic rings. The molecule has 0 spiro atoms. The van der Waals surface area contributed by atoms with Gasteiger partial charge >= 0.3 is 6.09 Å². The molecule has 0 saturated carbocycles. The largest absolute Gasteiger partial charge is 0.467 e. The molecule has 0 aliphatic carbocycles. The molecule has 0 N–H and O–H groups in total. The van der Waals surface area contributed by atoms with Crippen LogP contribution in [0.5, 0.6) is 5.75 Å². The number of benzene rings is 2. The number of aromatic nitrogens is 2. The van der Waals surface area contributed by atoms with Crippen LogP contribution in [0.15, 0.2) is 50.9 Å². The van der Waals surface area contributed by atoms with Gasteiger partial charge in [-0.15, -0.1) is 11.8 Å². The first-order chi connectivity index (χ1) is 16.5. The molecule has 2 heterocycles. The zero-order valence-electron chi connectivity index (χ0n) is 19.3. The number of amides is 1. The number of carbonyl (C=O) groups is 1. The van der Waals surface area contributed by atoms with E-state index in [0.29, 0.717) is 34.8 Å². The van der Waals surface area contributed by atoms with Gasteiger partial charge in [0.1, 0.15) is 16.5 Å². The second kappa shape index (κ2) is 10.6. The molecule has 0 radical (unpaired) electrons. The van der Waals surface area contributed by atoms with Gasteiger partial charge in [-0.05, 0) is 54.6 Å². The van der Waals surface area contributed by atoms with Crippen LogP contribution in [0.25, 0.3) is 11.4 Å². The minimum absolute atomic E-state index is 0.229. The van der Waals surface area contributed by atoms with E-state index in [-0.39, 0.29) is 6.79 Å². The lowest BCUT2D eigenvalue weighted by Crippen LogP contribution is -2.18. The highest BCUT2D eigenvalue weighted by Gasteiger charge is 2.21. The smallest absolute Gasteiger partial charge is 0.434 e. The van der Waals surface area contributed by atoms with E-state index in [0.717, 1.165) is 34.4 Å². The molecule has 1 aromatic heterocycles. The van der Waals surface area contributed by atoms with E-state index in [1.807, 2.05) is 42.7 Å². The average molecular weight is 481 g/mol. The van der Waals surface area contributed by atoms with Crippen LogP contribution < -0.4 is 4.74 Å². The fourth-order valence-corrected chi connectivity index (χ4v) is 4.01. The van der Waals surface area contributed by atoms with E-state index >= 15 is 0 Å². The van der Waals surface area contributed by atoms with Crippen molar-refractivity contribution < 1.29 is 23.5 Å². The molecule has 1 amide bonds. The van der Waals surface area contributed by atoms with Crippen LogP contribution in [0, 0.1) is 6.92 Å². The van der Waals surface area contributed by atoms with Crippen molar-refractivity contribution in [3.8, 4) is 17.1 Å². The first kappa shape index (κ1) is 23.7. The minimum Gasteiger partial charge on any atom is -0.467 e. The number of hydrogen-bond acceptors (Lipinski definition) is 9. The van der Waals surface area contributed by atoms with Crippen LogP contribution in [-0.4, -0.2) is 47.1 Å². The maximum Gasteiger partial charge on any atom is 0.434 e.